The van der Waals surface area contributed by atoms with E-state index in [1.54, 1.807) is 6.92 Å². The van der Waals surface area contributed by atoms with E-state index in [4.69, 9.17) is 0 Å². The first-order valence-electron chi connectivity index (χ1n) is 10.5. The van der Waals surface area contributed by atoms with Gasteiger partial charge in [-0.2, -0.15) is 0 Å². The van der Waals surface area contributed by atoms with Gasteiger partial charge in [-0.1, -0.05) is 60.7 Å². The maximum absolute atomic E-state index is 13.1. The monoisotopic (exact) mass is 405 g/mol. The van der Waals surface area contributed by atoms with Crippen LogP contribution in [0.1, 0.15) is 37.3 Å². The molecule has 0 aliphatic carbocycles. The van der Waals surface area contributed by atoms with Gasteiger partial charge in [0.2, 0.25) is 5.91 Å². The van der Waals surface area contributed by atoms with E-state index < -0.39 is 11.6 Å². The van der Waals surface area contributed by atoms with Crippen molar-refractivity contribution in [3.8, 4) is 0 Å². The lowest BCUT2D eigenvalue weighted by Crippen LogP contribution is -2.46. The van der Waals surface area contributed by atoms with Crippen LogP contribution in [0, 0.1) is 0 Å². The fraction of sp³-hybridized carbons (Fsp3) is 0.375. The van der Waals surface area contributed by atoms with Crippen molar-refractivity contribution in [2.45, 2.75) is 44.2 Å². The Bertz CT molecular complexity index is 931. The number of rotatable bonds is 6. The zero-order valence-corrected chi connectivity index (χ0v) is 17.2. The third-order valence-corrected chi connectivity index (χ3v) is 6.23. The molecule has 2 aromatic carbocycles. The van der Waals surface area contributed by atoms with Gasteiger partial charge in [0.15, 0.2) is 0 Å². The van der Waals surface area contributed by atoms with Crippen LogP contribution in [-0.4, -0.2) is 46.8 Å². The van der Waals surface area contributed by atoms with Crippen molar-refractivity contribution < 1.29 is 14.4 Å². The van der Waals surface area contributed by atoms with Gasteiger partial charge in [0.05, 0.1) is 0 Å². The average molecular weight is 405 g/mol. The molecule has 6 nitrogen and oxygen atoms in total. The van der Waals surface area contributed by atoms with Crippen molar-refractivity contribution >= 4 is 17.8 Å². The van der Waals surface area contributed by atoms with Gasteiger partial charge in [0.1, 0.15) is 12.1 Å². The summed E-state index contributed by atoms with van der Waals surface area (Å²) in [5.74, 6) is -0.543. The van der Waals surface area contributed by atoms with Crippen molar-refractivity contribution in [3.63, 3.8) is 0 Å². The molecule has 2 aliphatic rings. The molecule has 2 aromatic rings. The van der Waals surface area contributed by atoms with Gasteiger partial charge in [-0.05, 0) is 43.7 Å². The van der Waals surface area contributed by atoms with Gasteiger partial charge in [-0.25, -0.2) is 4.79 Å². The topological polar surface area (TPSA) is 69.7 Å². The van der Waals surface area contributed by atoms with Crippen LogP contribution < -0.4 is 5.32 Å². The molecule has 2 saturated heterocycles. The molecule has 2 fully saturated rings. The normalized spacial score (nSPS) is 23.7. The highest BCUT2D eigenvalue weighted by molar-refractivity contribution is 6.09. The third-order valence-electron chi connectivity index (χ3n) is 6.23. The predicted octanol–water partition coefficient (Wildman–Crippen LogP) is 3.08. The molecule has 2 aliphatic heterocycles. The summed E-state index contributed by atoms with van der Waals surface area (Å²) in [6, 6.07) is 19.0. The Kier molecular flexibility index (Phi) is 5.57. The molecule has 6 heteroatoms. The van der Waals surface area contributed by atoms with Gasteiger partial charge in [-0.15, -0.1) is 0 Å². The van der Waals surface area contributed by atoms with Crippen LogP contribution in [0.3, 0.4) is 0 Å². The number of carbonyl (C=O) groups is 3. The highest BCUT2D eigenvalue weighted by atomic mass is 16.2. The summed E-state index contributed by atoms with van der Waals surface area (Å²) in [6.07, 6.45) is 3.70. The number of nitrogens with zero attached hydrogens (tertiary/aromatic N) is 2. The van der Waals surface area contributed by atoms with Gasteiger partial charge >= 0.3 is 6.03 Å². The van der Waals surface area contributed by atoms with Crippen LogP contribution in [0.5, 0.6) is 0 Å². The first-order chi connectivity index (χ1) is 14.5. The fourth-order valence-corrected chi connectivity index (χ4v) is 4.48. The quantitative estimate of drug-likeness (QED) is 0.751. The van der Waals surface area contributed by atoms with Crippen LogP contribution in [0.4, 0.5) is 4.79 Å². The summed E-state index contributed by atoms with van der Waals surface area (Å²) in [5, 5.41) is 2.77. The molecule has 1 N–H and O–H groups in total. The van der Waals surface area contributed by atoms with Crippen LogP contribution in [0.2, 0.25) is 0 Å². The van der Waals surface area contributed by atoms with E-state index >= 15 is 0 Å². The third kappa shape index (κ3) is 3.82. The lowest BCUT2D eigenvalue weighted by molar-refractivity contribution is -0.139. The van der Waals surface area contributed by atoms with Crippen LogP contribution >= 0.6 is 0 Å². The van der Waals surface area contributed by atoms with Crippen molar-refractivity contribution in [2.24, 2.45) is 0 Å². The van der Waals surface area contributed by atoms with Crippen molar-refractivity contribution in [1.82, 2.24) is 15.1 Å². The Morgan fingerprint density at radius 2 is 1.73 bits per heavy atom. The summed E-state index contributed by atoms with van der Waals surface area (Å²) >= 11 is 0. The van der Waals surface area contributed by atoms with E-state index in [-0.39, 0.29) is 24.4 Å². The maximum Gasteiger partial charge on any atom is 0.325 e. The van der Waals surface area contributed by atoms with E-state index in [1.165, 1.54) is 5.56 Å². The number of urea groups is 1. The fourth-order valence-electron chi connectivity index (χ4n) is 4.48. The highest BCUT2D eigenvalue weighted by Gasteiger charge is 2.49. The Morgan fingerprint density at radius 1 is 1.07 bits per heavy atom. The zero-order chi connectivity index (χ0) is 21.1. The van der Waals surface area contributed by atoms with Gasteiger partial charge < -0.3 is 10.2 Å². The SMILES string of the molecule is CC1(c2ccccc2)NC(=O)N(CC(=O)N2CCCC2CCc2ccccc2)C1=O. The minimum absolute atomic E-state index is 0.152. The lowest BCUT2D eigenvalue weighted by atomic mass is 9.92. The van der Waals surface area contributed by atoms with Crippen LogP contribution in [0.25, 0.3) is 0 Å². The number of amides is 4. The molecule has 2 atom stereocenters. The summed E-state index contributed by atoms with van der Waals surface area (Å²) in [5.41, 5.74) is 0.820. The van der Waals surface area contributed by atoms with Gasteiger partial charge in [0, 0.05) is 12.6 Å². The lowest BCUT2D eigenvalue weighted by Gasteiger charge is -2.27. The number of aryl methyl sites for hydroxylation is 1. The van der Waals surface area contributed by atoms with Crippen molar-refractivity contribution in [2.75, 3.05) is 13.1 Å². The number of benzene rings is 2. The first-order valence-corrected chi connectivity index (χ1v) is 10.5. The Labute approximate surface area is 176 Å². The molecule has 30 heavy (non-hydrogen) atoms. The molecule has 4 amide bonds. The number of likely N-dealkylation sites (tertiary alicyclic amines) is 1. The van der Waals surface area contributed by atoms with Crippen molar-refractivity contribution in [1.29, 1.82) is 0 Å². The van der Waals surface area contributed by atoms with Crippen LogP contribution in [0.15, 0.2) is 60.7 Å². The van der Waals surface area contributed by atoms with Gasteiger partial charge in [0.25, 0.3) is 5.91 Å². The second kappa shape index (κ2) is 8.30. The summed E-state index contributed by atoms with van der Waals surface area (Å²) in [4.78, 5) is 41.5. The maximum atomic E-state index is 13.1. The van der Waals surface area contributed by atoms with E-state index in [0.29, 0.717) is 12.1 Å². The summed E-state index contributed by atoms with van der Waals surface area (Å²) in [6.45, 7) is 2.15. The van der Waals surface area contributed by atoms with E-state index in [1.807, 2.05) is 53.4 Å². The highest BCUT2D eigenvalue weighted by Crippen LogP contribution is 2.29. The average Bonchev–Trinajstić information content (AvgIpc) is 3.33. The Morgan fingerprint density at radius 3 is 2.43 bits per heavy atom. The number of nitrogens with one attached hydrogen (secondary N) is 1. The summed E-state index contributed by atoms with van der Waals surface area (Å²) < 4.78 is 0. The molecule has 0 aromatic heterocycles. The molecule has 0 bridgehead atoms. The zero-order valence-electron chi connectivity index (χ0n) is 17.2. The Hall–Kier alpha value is -3.15. The largest absolute Gasteiger partial charge is 0.338 e. The molecular formula is C24H27N3O3. The van der Waals surface area contributed by atoms with Crippen molar-refractivity contribution in [3.05, 3.63) is 71.8 Å². The molecule has 0 spiro atoms. The molecule has 2 unspecified atom stereocenters. The number of imide groups is 1. The number of hydrogen-bond donors (Lipinski definition) is 1. The molecule has 156 valence electrons. The second-order valence-corrected chi connectivity index (χ2v) is 8.22. The molecule has 4 rings (SSSR count). The minimum Gasteiger partial charge on any atom is -0.338 e. The second-order valence-electron chi connectivity index (χ2n) is 8.22. The Balaban J connectivity index is 1.41. The van der Waals surface area contributed by atoms with E-state index in [0.717, 1.165) is 30.6 Å². The molecule has 0 saturated carbocycles. The standard InChI is InChI=1S/C24H27N3O3/c1-24(19-11-6-3-7-12-19)22(29)27(23(30)25-24)17-21(28)26-16-8-13-20(26)15-14-18-9-4-2-5-10-18/h2-7,9-12,20H,8,13-17H2,1H3,(H,25,30). The van der Waals surface area contributed by atoms with E-state index in [9.17, 15) is 14.4 Å². The number of carbonyl (C=O) groups excluding carboxylic acids is 3. The first kappa shape index (κ1) is 20.1. The van der Waals surface area contributed by atoms with Gasteiger partial charge in [-0.3, -0.25) is 14.5 Å². The molecular weight excluding hydrogens is 378 g/mol. The van der Waals surface area contributed by atoms with E-state index in [2.05, 4.69) is 17.4 Å². The minimum atomic E-state index is -1.14. The van der Waals surface area contributed by atoms with Crippen LogP contribution in [-0.2, 0) is 21.5 Å². The number of hydrogen-bond acceptors (Lipinski definition) is 3. The predicted molar refractivity (Wildman–Crippen MR) is 114 cm³/mol. The molecule has 2 heterocycles. The smallest absolute Gasteiger partial charge is 0.325 e. The molecule has 0 radical (unpaired) electrons. The summed E-state index contributed by atoms with van der Waals surface area (Å²) in [7, 11) is 0.